The first-order valence-electron chi connectivity index (χ1n) is 10.3. The summed E-state index contributed by atoms with van der Waals surface area (Å²) < 4.78 is 0. The molecule has 0 saturated carbocycles. The van der Waals surface area contributed by atoms with Gasteiger partial charge in [-0.3, -0.25) is 9.59 Å². The number of nitrogens with zero attached hydrogens (tertiary/aromatic N) is 2. The Kier molecular flexibility index (Phi) is 7.13. The number of phenols is 2. The summed E-state index contributed by atoms with van der Waals surface area (Å²) in [6.07, 6.45) is 0. The molecule has 0 heterocycles. The van der Waals surface area contributed by atoms with Gasteiger partial charge in [0, 0.05) is 43.9 Å². The van der Waals surface area contributed by atoms with Crippen molar-refractivity contribution in [1.82, 2.24) is 0 Å². The lowest BCUT2D eigenvalue weighted by Gasteiger charge is -2.26. The molecule has 0 saturated heterocycles. The second-order valence-electron chi connectivity index (χ2n) is 7.89. The molecule has 6 nitrogen and oxygen atoms in total. The van der Waals surface area contributed by atoms with Crippen LogP contribution in [0.4, 0.5) is 11.4 Å². The van der Waals surface area contributed by atoms with Crippen LogP contribution in [0.15, 0.2) is 24.3 Å². The van der Waals surface area contributed by atoms with Crippen molar-refractivity contribution in [2.24, 2.45) is 5.92 Å². The standard InChI is InChI=1S/C24H32N2O4/c1-8-25(7)19-12-22(28)18(11-15(19)5)24(30)26(9-2)20-13-21(27)17(10-16(20)6)23(29)14(3)4/h10-14,27-28H,8-9H2,1-7H3. The molecule has 162 valence electrons. The SMILES string of the molecule is CCN(C)c1cc(O)c(C(=O)N(CC)c2cc(O)c(C(=O)C(C)C)cc2C)cc1C. The van der Waals surface area contributed by atoms with Gasteiger partial charge in [0.1, 0.15) is 11.5 Å². The highest BCUT2D eigenvalue weighted by molar-refractivity contribution is 6.09. The molecule has 0 fully saturated rings. The summed E-state index contributed by atoms with van der Waals surface area (Å²) in [4.78, 5) is 29.1. The third kappa shape index (κ3) is 4.42. The van der Waals surface area contributed by atoms with Gasteiger partial charge in [0.05, 0.1) is 16.8 Å². The van der Waals surface area contributed by atoms with Gasteiger partial charge in [-0.15, -0.1) is 0 Å². The van der Waals surface area contributed by atoms with E-state index in [0.717, 1.165) is 17.8 Å². The van der Waals surface area contributed by atoms with E-state index in [-0.39, 0.29) is 40.2 Å². The van der Waals surface area contributed by atoms with Crippen LogP contribution in [0, 0.1) is 19.8 Å². The van der Waals surface area contributed by atoms with E-state index in [1.54, 1.807) is 39.0 Å². The highest BCUT2D eigenvalue weighted by Crippen LogP contribution is 2.34. The molecular weight excluding hydrogens is 380 g/mol. The van der Waals surface area contributed by atoms with Gasteiger partial charge in [-0.25, -0.2) is 0 Å². The Hall–Kier alpha value is -3.02. The van der Waals surface area contributed by atoms with Gasteiger partial charge in [-0.2, -0.15) is 0 Å². The molecule has 0 radical (unpaired) electrons. The predicted octanol–water partition coefficient (Wildman–Crippen LogP) is 4.68. The number of hydrogen-bond acceptors (Lipinski definition) is 5. The first-order valence-corrected chi connectivity index (χ1v) is 10.3. The maximum Gasteiger partial charge on any atom is 0.262 e. The fourth-order valence-electron chi connectivity index (χ4n) is 3.49. The van der Waals surface area contributed by atoms with Crippen molar-refractivity contribution in [2.75, 3.05) is 29.9 Å². The number of anilines is 2. The number of ketones is 1. The van der Waals surface area contributed by atoms with Crippen LogP contribution in [0.25, 0.3) is 0 Å². The lowest BCUT2D eigenvalue weighted by atomic mass is 9.97. The molecular formula is C24H32N2O4. The third-order valence-corrected chi connectivity index (χ3v) is 5.39. The van der Waals surface area contributed by atoms with Crippen molar-refractivity contribution in [1.29, 1.82) is 0 Å². The summed E-state index contributed by atoms with van der Waals surface area (Å²) in [7, 11) is 1.92. The van der Waals surface area contributed by atoms with Crippen LogP contribution in [0.3, 0.4) is 0 Å². The number of phenolic OH excluding ortho intramolecular Hbond substituents is 2. The van der Waals surface area contributed by atoms with Gasteiger partial charge in [0.15, 0.2) is 5.78 Å². The lowest BCUT2D eigenvalue weighted by molar-refractivity contribution is 0.0936. The monoisotopic (exact) mass is 412 g/mol. The Balaban J connectivity index is 2.51. The Labute approximate surface area is 178 Å². The average Bonchev–Trinajstić information content (AvgIpc) is 2.70. The predicted molar refractivity (Wildman–Crippen MR) is 121 cm³/mol. The van der Waals surface area contributed by atoms with Gasteiger partial charge < -0.3 is 20.0 Å². The average molecular weight is 413 g/mol. The summed E-state index contributed by atoms with van der Waals surface area (Å²) >= 11 is 0. The van der Waals surface area contributed by atoms with Crippen molar-refractivity contribution >= 4 is 23.1 Å². The molecule has 0 aliphatic carbocycles. The van der Waals surface area contributed by atoms with E-state index in [1.165, 1.54) is 11.0 Å². The molecule has 30 heavy (non-hydrogen) atoms. The van der Waals surface area contributed by atoms with Gasteiger partial charge in [0.25, 0.3) is 5.91 Å². The van der Waals surface area contributed by atoms with Crippen LogP contribution in [0.5, 0.6) is 11.5 Å². The van der Waals surface area contributed by atoms with E-state index in [2.05, 4.69) is 0 Å². The number of rotatable bonds is 7. The molecule has 2 rings (SSSR count). The molecule has 0 bridgehead atoms. The summed E-state index contributed by atoms with van der Waals surface area (Å²) in [6.45, 7) is 12.2. The maximum atomic E-state index is 13.3. The molecule has 1 amide bonds. The quantitative estimate of drug-likeness (QED) is 0.646. The molecule has 0 aliphatic heterocycles. The molecule has 6 heteroatoms. The molecule has 0 atom stereocenters. The zero-order valence-electron chi connectivity index (χ0n) is 18.9. The number of carbonyl (C=O) groups is 2. The van der Waals surface area contributed by atoms with Gasteiger partial charge in [0.2, 0.25) is 0 Å². The minimum Gasteiger partial charge on any atom is -0.507 e. The number of hydrogen-bond donors (Lipinski definition) is 2. The van der Waals surface area contributed by atoms with E-state index in [0.29, 0.717) is 17.8 Å². The largest absolute Gasteiger partial charge is 0.507 e. The zero-order chi connectivity index (χ0) is 22.7. The zero-order valence-corrected chi connectivity index (χ0v) is 18.9. The fourth-order valence-corrected chi connectivity index (χ4v) is 3.49. The number of aryl methyl sites for hydroxylation is 2. The van der Waals surface area contributed by atoms with Crippen LogP contribution in [0.1, 0.15) is 59.5 Å². The summed E-state index contributed by atoms with van der Waals surface area (Å²) in [5, 5.41) is 21.0. The topological polar surface area (TPSA) is 81.1 Å². The maximum absolute atomic E-state index is 13.3. The van der Waals surface area contributed by atoms with Crippen LogP contribution in [-0.2, 0) is 0 Å². The number of carbonyl (C=O) groups excluding carboxylic acids is 2. The normalized spacial score (nSPS) is 10.9. The molecule has 2 aromatic rings. The van der Waals surface area contributed by atoms with Crippen molar-refractivity contribution in [3.8, 4) is 11.5 Å². The minimum atomic E-state index is -0.366. The van der Waals surface area contributed by atoms with Crippen LogP contribution in [-0.4, -0.2) is 42.0 Å². The van der Waals surface area contributed by atoms with E-state index in [9.17, 15) is 19.8 Å². The first kappa shape index (κ1) is 23.3. The lowest BCUT2D eigenvalue weighted by Crippen LogP contribution is -2.31. The van der Waals surface area contributed by atoms with Crippen LogP contribution >= 0.6 is 0 Å². The van der Waals surface area contributed by atoms with Crippen molar-refractivity contribution < 1.29 is 19.8 Å². The second kappa shape index (κ2) is 9.20. The molecule has 0 spiro atoms. The van der Waals surface area contributed by atoms with E-state index >= 15 is 0 Å². The fraction of sp³-hybridized carbons (Fsp3) is 0.417. The van der Waals surface area contributed by atoms with E-state index in [1.807, 2.05) is 32.7 Å². The smallest absolute Gasteiger partial charge is 0.262 e. The van der Waals surface area contributed by atoms with Crippen molar-refractivity contribution in [3.05, 3.63) is 46.5 Å². The summed E-state index contributed by atoms with van der Waals surface area (Å²) in [5.41, 5.74) is 3.40. The Morgan fingerprint density at radius 3 is 1.90 bits per heavy atom. The van der Waals surface area contributed by atoms with Crippen molar-refractivity contribution in [3.63, 3.8) is 0 Å². The number of benzene rings is 2. The molecule has 0 unspecified atom stereocenters. The van der Waals surface area contributed by atoms with Gasteiger partial charge in [-0.05, 0) is 51.0 Å². The minimum absolute atomic E-state index is 0.0900. The van der Waals surface area contributed by atoms with E-state index < -0.39 is 0 Å². The van der Waals surface area contributed by atoms with Crippen LogP contribution in [0.2, 0.25) is 0 Å². The highest BCUT2D eigenvalue weighted by Gasteiger charge is 2.25. The Morgan fingerprint density at radius 1 is 0.867 bits per heavy atom. The van der Waals surface area contributed by atoms with Gasteiger partial charge >= 0.3 is 0 Å². The molecule has 0 aromatic heterocycles. The van der Waals surface area contributed by atoms with E-state index in [4.69, 9.17) is 0 Å². The highest BCUT2D eigenvalue weighted by atomic mass is 16.3. The van der Waals surface area contributed by atoms with Gasteiger partial charge in [-0.1, -0.05) is 13.8 Å². The third-order valence-electron chi connectivity index (χ3n) is 5.39. The Bertz CT molecular complexity index is 966. The number of Topliss-reactive ketones (excluding diaryl/α,β-unsaturated/α-hetero) is 1. The number of amides is 1. The summed E-state index contributed by atoms with van der Waals surface area (Å²) in [6, 6.07) is 6.37. The Morgan fingerprint density at radius 2 is 1.37 bits per heavy atom. The molecule has 0 aliphatic rings. The summed E-state index contributed by atoms with van der Waals surface area (Å²) in [5.74, 6) is -1.01. The number of aromatic hydroxyl groups is 2. The molecule has 2 aromatic carbocycles. The first-order chi connectivity index (χ1) is 14.0. The second-order valence-corrected chi connectivity index (χ2v) is 7.89. The van der Waals surface area contributed by atoms with Crippen molar-refractivity contribution in [2.45, 2.75) is 41.5 Å². The molecule has 2 N–H and O–H groups in total. The van der Waals surface area contributed by atoms with Crippen LogP contribution < -0.4 is 9.80 Å².